The van der Waals surface area contributed by atoms with Crippen LogP contribution in [0, 0.1) is 0 Å². The molecular weight excluding hydrogens is 188 g/mol. The zero-order chi connectivity index (χ0) is 11.4. The highest BCUT2D eigenvalue weighted by Gasteiger charge is 2.15. The second-order valence-electron chi connectivity index (χ2n) is 4.26. The van der Waals surface area contributed by atoms with Gasteiger partial charge in [0.15, 0.2) is 0 Å². The van der Waals surface area contributed by atoms with Gasteiger partial charge in [-0.3, -0.25) is 9.58 Å². The summed E-state index contributed by atoms with van der Waals surface area (Å²) in [6.45, 7) is 5.38. The second kappa shape index (κ2) is 5.28. The molecule has 2 unspecified atom stereocenters. The summed E-state index contributed by atoms with van der Waals surface area (Å²) in [7, 11) is 6.09. The maximum Gasteiger partial charge on any atom is 0.0534 e. The molecule has 0 bridgehead atoms. The molecule has 1 heterocycles. The van der Waals surface area contributed by atoms with Crippen molar-refractivity contribution in [3.63, 3.8) is 0 Å². The molecule has 0 aromatic carbocycles. The molecule has 0 aliphatic heterocycles. The van der Waals surface area contributed by atoms with Crippen LogP contribution in [-0.4, -0.2) is 40.9 Å². The SMILES string of the molecule is CNC(C)C(C)N(C)Cc1cnn(C)c1. The quantitative estimate of drug-likeness (QED) is 0.782. The highest BCUT2D eigenvalue weighted by molar-refractivity contribution is 5.03. The minimum absolute atomic E-state index is 0.492. The minimum atomic E-state index is 0.492. The first-order valence-electron chi connectivity index (χ1n) is 5.39. The van der Waals surface area contributed by atoms with Gasteiger partial charge in [-0.25, -0.2) is 0 Å². The topological polar surface area (TPSA) is 33.1 Å². The van der Waals surface area contributed by atoms with Crippen LogP contribution in [0.25, 0.3) is 0 Å². The predicted octanol–water partition coefficient (Wildman–Crippen LogP) is 0.848. The van der Waals surface area contributed by atoms with Crippen molar-refractivity contribution in [3.05, 3.63) is 18.0 Å². The summed E-state index contributed by atoms with van der Waals surface area (Å²) in [5.41, 5.74) is 1.26. The lowest BCUT2D eigenvalue weighted by Gasteiger charge is -2.29. The van der Waals surface area contributed by atoms with E-state index in [9.17, 15) is 0 Å². The molecule has 0 saturated carbocycles. The monoisotopic (exact) mass is 210 g/mol. The van der Waals surface area contributed by atoms with Crippen molar-refractivity contribution in [3.8, 4) is 0 Å². The van der Waals surface area contributed by atoms with Crippen LogP contribution in [-0.2, 0) is 13.6 Å². The third kappa shape index (κ3) is 3.32. The fraction of sp³-hybridized carbons (Fsp3) is 0.727. The van der Waals surface area contributed by atoms with Crippen LogP contribution in [0.1, 0.15) is 19.4 Å². The van der Waals surface area contributed by atoms with Gasteiger partial charge in [0, 0.05) is 37.4 Å². The Labute approximate surface area is 92.3 Å². The fourth-order valence-electron chi connectivity index (χ4n) is 1.61. The number of nitrogens with one attached hydrogen (secondary N) is 1. The van der Waals surface area contributed by atoms with Gasteiger partial charge in [0.05, 0.1) is 6.20 Å². The van der Waals surface area contributed by atoms with Crippen LogP contribution in [0.15, 0.2) is 12.4 Å². The molecule has 1 aromatic rings. The number of hydrogen-bond acceptors (Lipinski definition) is 3. The lowest BCUT2D eigenvalue weighted by atomic mass is 10.1. The van der Waals surface area contributed by atoms with Gasteiger partial charge in [-0.05, 0) is 27.9 Å². The summed E-state index contributed by atoms with van der Waals surface area (Å²) in [5.74, 6) is 0. The summed E-state index contributed by atoms with van der Waals surface area (Å²) in [5, 5.41) is 7.44. The van der Waals surface area contributed by atoms with E-state index in [0.717, 1.165) is 6.54 Å². The number of rotatable bonds is 5. The molecule has 0 aliphatic carbocycles. The van der Waals surface area contributed by atoms with Gasteiger partial charge < -0.3 is 5.32 Å². The highest BCUT2D eigenvalue weighted by Crippen LogP contribution is 2.07. The number of likely N-dealkylation sites (N-methyl/N-ethyl adjacent to an activating group) is 2. The molecule has 0 saturated heterocycles. The zero-order valence-corrected chi connectivity index (χ0v) is 10.4. The van der Waals surface area contributed by atoms with Crippen LogP contribution in [0.3, 0.4) is 0 Å². The fourth-order valence-corrected chi connectivity index (χ4v) is 1.61. The standard InChI is InChI=1S/C11H22N4/c1-9(12-3)10(2)14(4)7-11-6-13-15(5)8-11/h6,8-10,12H,7H2,1-5H3. The zero-order valence-electron chi connectivity index (χ0n) is 10.4. The van der Waals surface area contributed by atoms with Gasteiger partial charge in [0.25, 0.3) is 0 Å². The lowest BCUT2D eigenvalue weighted by molar-refractivity contribution is 0.211. The molecule has 0 spiro atoms. The maximum atomic E-state index is 4.17. The van der Waals surface area contributed by atoms with E-state index in [1.54, 1.807) is 0 Å². The van der Waals surface area contributed by atoms with Gasteiger partial charge >= 0.3 is 0 Å². The van der Waals surface area contributed by atoms with E-state index < -0.39 is 0 Å². The van der Waals surface area contributed by atoms with E-state index in [-0.39, 0.29) is 0 Å². The van der Waals surface area contributed by atoms with Gasteiger partial charge in [0.1, 0.15) is 0 Å². The van der Waals surface area contributed by atoms with Crippen molar-refractivity contribution in [2.45, 2.75) is 32.5 Å². The molecule has 15 heavy (non-hydrogen) atoms. The summed E-state index contributed by atoms with van der Waals surface area (Å²) >= 11 is 0. The van der Waals surface area contributed by atoms with Gasteiger partial charge in [0.2, 0.25) is 0 Å². The first-order valence-corrected chi connectivity index (χ1v) is 5.39. The van der Waals surface area contributed by atoms with E-state index in [0.29, 0.717) is 12.1 Å². The largest absolute Gasteiger partial charge is 0.316 e. The normalized spacial score (nSPS) is 15.6. The van der Waals surface area contributed by atoms with E-state index >= 15 is 0 Å². The second-order valence-corrected chi connectivity index (χ2v) is 4.26. The Morgan fingerprint density at radius 1 is 1.53 bits per heavy atom. The first-order chi connectivity index (χ1) is 7.04. The molecule has 1 rings (SSSR count). The van der Waals surface area contributed by atoms with Gasteiger partial charge in [-0.1, -0.05) is 0 Å². The third-order valence-electron chi connectivity index (χ3n) is 3.06. The highest BCUT2D eigenvalue weighted by atomic mass is 15.2. The molecule has 86 valence electrons. The molecule has 4 heteroatoms. The molecule has 0 radical (unpaired) electrons. The summed E-state index contributed by atoms with van der Waals surface area (Å²) in [4.78, 5) is 2.33. The van der Waals surface area contributed by atoms with E-state index in [4.69, 9.17) is 0 Å². The van der Waals surface area contributed by atoms with Gasteiger partial charge in [-0.15, -0.1) is 0 Å². The van der Waals surface area contributed by atoms with Gasteiger partial charge in [-0.2, -0.15) is 5.10 Å². The first kappa shape index (κ1) is 12.2. The molecule has 0 amide bonds. The number of aromatic nitrogens is 2. The Morgan fingerprint density at radius 2 is 2.20 bits per heavy atom. The summed E-state index contributed by atoms with van der Waals surface area (Å²) in [6, 6.07) is 1.00. The van der Waals surface area contributed by atoms with Crippen LogP contribution < -0.4 is 5.32 Å². The molecule has 0 fully saturated rings. The smallest absolute Gasteiger partial charge is 0.0534 e. The van der Waals surface area contributed by atoms with Crippen LogP contribution >= 0.6 is 0 Å². The minimum Gasteiger partial charge on any atom is -0.316 e. The van der Waals surface area contributed by atoms with Crippen molar-refractivity contribution in [1.29, 1.82) is 0 Å². The Hall–Kier alpha value is -0.870. The van der Waals surface area contributed by atoms with Crippen molar-refractivity contribution in [1.82, 2.24) is 20.0 Å². The molecule has 1 N–H and O–H groups in total. The van der Waals surface area contributed by atoms with Crippen LogP contribution in [0.5, 0.6) is 0 Å². The molecule has 1 aromatic heterocycles. The summed E-state index contributed by atoms with van der Waals surface area (Å²) < 4.78 is 1.84. The van der Waals surface area contributed by atoms with Crippen molar-refractivity contribution < 1.29 is 0 Å². The Bertz CT molecular complexity index is 295. The average molecular weight is 210 g/mol. The number of hydrogen-bond donors (Lipinski definition) is 1. The van der Waals surface area contributed by atoms with Crippen LogP contribution in [0.2, 0.25) is 0 Å². The van der Waals surface area contributed by atoms with E-state index in [1.165, 1.54) is 5.56 Å². The van der Waals surface area contributed by atoms with Crippen molar-refractivity contribution in [2.75, 3.05) is 14.1 Å². The summed E-state index contributed by atoms with van der Waals surface area (Å²) in [6.07, 6.45) is 3.99. The molecule has 4 nitrogen and oxygen atoms in total. The Kier molecular flexibility index (Phi) is 4.29. The third-order valence-corrected chi connectivity index (χ3v) is 3.06. The molecular formula is C11H22N4. The Balaban J connectivity index is 2.51. The van der Waals surface area contributed by atoms with Crippen molar-refractivity contribution >= 4 is 0 Å². The lowest BCUT2D eigenvalue weighted by Crippen LogP contribution is -2.43. The van der Waals surface area contributed by atoms with Crippen molar-refractivity contribution in [2.24, 2.45) is 7.05 Å². The molecule has 2 atom stereocenters. The Morgan fingerprint density at radius 3 is 2.67 bits per heavy atom. The maximum absolute atomic E-state index is 4.17. The number of aryl methyl sites for hydroxylation is 1. The van der Waals surface area contributed by atoms with E-state index in [2.05, 4.69) is 42.4 Å². The van der Waals surface area contributed by atoms with Crippen LogP contribution in [0.4, 0.5) is 0 Å². The predicted molar refractivity (Wildman–Crippen MR) is 62.7 cm³/mol. The average Bonchev–Trinajstić information content (AvgIpc) is 2.61. The van der Waals surface area contributed by atoms with E-state index in [1.807, 2.05) is 25.0 Å². The number of nitrogens with zero attached hydrogens (tertiary/aromatic N) is 3. The molecule has 0 aliphatic rings.